The molecule has 0 spiro atoms. The maximum absolute atomic E-state index is 12.1. The van der Waals surface area contributed by atoms with E-state index in [9.17, 15) is 9.59 Å². The van der Waals surface area contributed by atoms with E-state index in [2.05, 4.69) is 52.8 Å². The first-order chi connectivity index (χ1) is 9.30. The molecule has 0 bridgehead atoms. The van der Waals surface area contributed by atoms with Gasteiger partial charge >= 0.3 is 11.9 Å². The zero-order chi connectivity index (χ0) is 17.0. The van der Waals surface area contributed by atoms with Crippen molar-refractivity contribution in [3.05, 3.63) is 12.2 Å². The molecule has 0 rings (SSSR count). The molecule has 2 atom stereocenters. The van der Waals surface area contributed by atoms with E-state index in [-0.39, 0.29) is 17.7 Å². The van der Waals surface area contributed by atoms with Crippen LogP contribution in [0.25, 0.3) is 0 Å². The highest BCUT2D eigenvalue weighted by Crippen LogP contribution is 2.36. The summed E-state index contributed by atoms with van der Waals surface area (Å²) in [5.74, 6) is -1.61. The van der Waals surface area contributed by atoms with Gasteiger partial charge in [0.1, 0.15) is 0 Å². The third-order valence-electron chi connectivity index (χ3n) is 3.66. The summed E-state index contributed by atoms with van der Waals surface area (Å²) in [6, 6.07) is 0. The number of ether oxygens (including phenoxy) is 1. The molecule has 0 aliphatic heterocycles. The van der Waals surface area contributed by atoms with E-state index in [4.69, 9.17) is 9.84 Å². The molecule has 122 valence electrons. The summed E-state index contributed by atoms with van der Waals surface area (Å²) in [7, 11) is -3.21. The first kappa shape index (κ1) is 20.1. The first-order valence-electron chi connectivity index (χ1n) is 7.41. The Labute approximate surface area is 130 Å². The SMILES string of the molecule is C=C(CC(=O)O)C(=O)OC(C(CC)[Si](C)(C)C)[Si](C)(C)C. The minimum atomic E-state index is -1.73. The number of carbonyl (C=O) groups is 2. The van der Waals surface area contributed by atoms with E-state index in [0.29, 0.717) is 5.54 Å². The van der Waals surface area contributed by atoms with Crippen LogP contribution < -0.4 is 0 Å². The smallest absolute Gasteiger partial charge is 0.333 e. The average Bonchev–Trinajstić information content (AvgIpc) is 2.24. The standard InChI is InChI=1S/C15H30O4Si2/c1-9-12(20(3,4)5)15(21(6,7)8)19-14(18)11(2)10-13(16)17/h12,15H,2,9-10H2,1,3-8H3,(H,16,17). The highest BCUT2D eigenvalue weighted by molar-refractivity contribution is 6.83. The van der Waals surface area contributed by atoms with Crippen molar-refractivity contribution in [1.29, 1.82) is 0 Å². The minimum Gasteiger partial charge on any atom is -0.481 e. The molecule has 0 aliphatic rings. The van der Waals surface area contributed by atoms with Gasteiger partial charge in [-0.25, -0.2) is 4.79 Å². The highest BCUT2D eigenvalue weighted by Gasteiger charge is 2.42. The minimum absolute atomic E-state index is 0.0242. The maximum Gasteiger partial charge on any atom is 0.333 e. The van der Waals surface area contributed by atoms with Crippen LogP contribution in [0, 0.1) is 0 Å². The Bertz CT molecular complexity index is 405. The maximum atomic E-state index is 12.1. The molecular formula is C15H30O4Si2. The summed E-state index contributed by atoms with van der Waals surface area (Å²) in [5, 5.41) is 8.76. The number of carbonyl (C=O) groups excluding carboxylic acids is 1. The molecule has 6 heteroatoms. The molecule has 4 nitrogen and oxygen atoms in total. The molecule has 0 saturated carbocycles. The zero-order valence-electron chi connectivity index (χ0n) is 14.4. The van der Waals surface area contributed by atoms with E-state index in [1.165, 1.54) is 0 Å². The van der Waals surface area contributed by atoms with Gasteiger partial charge in [-0.1, -0.05) is 59.2 Å². The fourth-order valence-electron chi connectivity index (χ4n) is 2.60. The van der Waals surface area contributed by atoms with Crippen LogP contribution in [-0.4, -0.2) is 38.9 Å². The summed E-state index contributed by atoms with van der Waals surface area (Å²) >= 11 is 0. The van der Waals surface area contributed by atoms with Gasteiger partial charge in [-0.2, -0.15) is 0 Å². The fraction of sp³-hybridized carbons (Fsp3) is 0.733. The van der Waals surface area contributed by atoms with E-state index in [0.717, 1.165) is 6.42 Å². The lowest BCUT2D eigenvalue weighted by atomic mass is 10.2. The molecule has 2 unspecified atom stereocenters. The molecule has 0 aromatic heterocycles. The Hall–Kier alpha value is -0.886. The molecule has 0 radical (unpaired) electrons. The fourth-order valence-corrected chi connectivity index (χ4v) is 9.70. The Morgan fingerprint density at radius 2 is 1.57 bits per heavy atom. The number of hydrogen-bond acceptors (Lipinski definition) is 3. The second-order valence-corrected chi connectivity index (χ2v) is 18.5. The molecular weight excluding hydrogens is 300 g/mol. The molecule has 0 aromatic rings. The van der Waals surface area contributed by atoms with Gasteiger partial charge in [-0.15, -0.1) is 0 Å². The van der Waals surface area contributed by atoms with Crippen LogP contribution in [0.15, 0.2) is 12.2 Å². The van der Waals surface area contributed by atoms with Crippen LogP contribution in [0.5, 0.6) is 0 Å². The second kappa shape index (κ2) is 7.40. The quantitative estimate of drug-likeness (QED) is 0.416. The van der Waals surface area contributed by atoms with E-state index in [1.54, 1.807) is 0 Å². The number of esters is 1. The third-order valence-corrected chi connectivity index (χ3v) is 9.15. The van der Waals surface area contributed by atoms with E-state index in [1.807, 2.05) is 0 Å². The summed E-state index contributed by atoms with van der Waals surface area (Å²) in [6.45, 7) is 19.1. The lowest BCUT2D eigenvalue weighted by Crippen LogP contribution is -2.51. The molecule has 1 N–H and O–H groups in total. The van der Waals surface area contributed by atoms with Crippen LogP contribution in [-0.2, 0) is 14.3 Å². The van der Waals surface area contributed by atoms with Gasteiger partial charge in [0.25, 0.3) is 0 Å². The predicted octanol–water partition coefficient (Wildman–Crippen LogP) is 3.92. The van der Waals surface area contributed by atoms with Crippen molar-refractivity contribution in [3.63, 3.8) is 0 Å². The van der Waals surface area contributed by atoms with Crippen LogP contribution in [0.2, 0.25) is 44.8 Å². The Morgan fingerprint density at radius 1 is 1.10 bits per heavy atom. The van der Waals surface area contributed by atoms with E-state index >= 15 is 0 Å². The molecule has 0 aliphatic carbocycles. The lowest BCUT2D eigenvalue weighted by molar-refractivity contribution is -0.144. The van der Waals surface area contributed by atoms with Crippen molar-refractivity contribution in [2.45, 2.75) is 70.3 Å². The van der Waals surface area contributed by atoms with Crippen molar-refractivity contribution in [3.8, 4) is 0 Å². The second-order valence-electron chi connectivity index (χ2n) is 7.75. The molecule has 0 heterocycles. The summed E-state index contributed by atoms with van der Waals surface area (Å²) < 4.78 is 5.75. The van der Waals surface area contributed by atoms with Gasteiger partial charge < -0.3 is 9.84 Å². The molecule has 0 aromatic carbocycles. The van der Waals surface area contributed by atoms with E-state index < -0.39 is 28.1 Å². The number of hydrogen-bond donors (Lipinski definition) is 1. The summed E-state index contributed by atoms with van der Waals surface area (Å²) in [6.07, 6.45) is 0.615. The Kier molecular flexibility index (Phi) is 7.09. The lowest BCUT2D eigenvalue weighted by Gasteiger charge is -2.41. The summed E-state index contributed by atoms with van der Waals surface area (Å²) in [5.41, 5.74) is 0.314. The molecule has 0 fully saturated rings. The van der Waals surface area contributed by atoms with Gasteiger partial charge in [-0.3, -0.25) is 4.79 Å². The Balaban J connectivity index is 5.25. The third kappa shape index (κ3) is 6.60. The zero-order valence-corrected chi connectivity index (χ0v) is 16.4. The normalized spacial score (nSPS) is 15.2. The van der Waals surface area contributed by atoms with Gasteiger partial charge in [-0.05, 0) is 5.54 Å². The molecule has 0 saturated heterocycles. The van der Waals surface area contributed by atoms with Gasteiger partial charge in [0.2, 0.25) is 0 Å². The molecule has 21 heavy (non-hydrogen) atoms. The van der Waals surface area contributed by atoms with Crippen LogP contribution in [0.4, 0.5) is 0 Å². The topological polar surface area (TPSA) is 63.6 Å². The van der Waals surface area contributed by atoms with Gasteiger partial charge in [0, 0.05) is 5.57 Å². The first-order valence-corrected chi connectivity index (χ1v) is 14.6. The van der Waals surface area contributed by atoms with Crippen molar-refractivity contribution >= 4 is 28.1 Å². The van der Waals surface area contributed by atoms with Crippen molar-refractivity contribution in [1.82, 2.24) is 0 Å². The monoisotopic (exact) mass is 330 g/mol. The van der Waals surface area contributed by atoms with Crippen molar-refractivity contribution in [2.24, 2.45) is 0 Å². The largest absolute Gasteiger partial charge is 0.481 e. The summed E-state index contributed by atoms with van der Waals surface area (Å²) in [4.78, 5) is 22.8. The van der Waals surface area contributed by atoms with Crippen LogP contribution in [0.1, 0.15) is 19.8 Å². The number of carboxylic acids is 1. The number of rotatable bonds is 8. The van der Waals surface area contributed by atoms with Crippen LogP contribution in [0.3, 0.4) is 0 Å². The highest BCUT2D eigenvalue weighted by atomic mass is 28.3. The van der Waals surface area contributed by atoms with Crippen LogP contribution >= 0.6 is 0 Å². The van der Waals surface area contributed by atoms with Gasteiger partial charge in [0.05, 0.1) is 28.3 Å². The predicted molar refractivity (Wildman–Crippen MR) is 92.0 cm³/mol. The number of carboxylic acid groups (broad SMARTS) is 1. The number of aliphatic carboxylic acids is 1. The van der Waals surface area contributed by atoms with Crippen molar-refractivity contribution in [2.75, 3.05) is 0 Å². The average molecular weight is 331 g/mol. The van der Waals surface area contributed by atoms with Crippen molar-refractivity contribution < 1.29 is 19.4 Å². The Morgan fingerprint density at radius 3 is 1.86 bits per heavy atom. The molecule has 0 amide bonds. The van der Waals surface area contributed by atoms with Gasteiger partial charge in [0.15, 0.2) is 0 Å².